The van der Waals surface area contributed by atoms with Crippen LogP contribution < -0.4 is 14.8 Å². The lowest BCUT2D eigenvalue weighted by atomic mass is 10.2. The lowest BCUT2D eigenvalue weighted by Gasteiger charge is -2.26. The van der Waals surface area contributed by atoms with E-state index in [1.807, 2.05) is 24.3 Å². The molecule has 0 spiro atoms. The van der Waals surface area contributed by atoms with Crippen molar-refractivity contribution >= 4 is 15.7 Å². The molecule has 1 unspecified atom stereocenters. The molecule has 7 heteroatoms. The first-order valence-electron chi connectivity index (χ1n) is 7.99. The Balaban J connectivity index is 1.58. The molecule has 1 N–H and O–H groups in total. The van der Waals surface area contributed by atoms with Gasteiger partial charge in [-0.3, -0.25) is 4.79 Å². The molecule has 6 nitrogen and oxygen atoms in total. The summed E-state index contributed by atoms with van der Waals surface area (Å²) in [5.41, 5.74) is 0.396. The van der Waals surface area contributed by atoms with E-state index in [9.17, 15) is 13.2 Å². The van der Waals surface area contributed by atoms with Crippen molar-refractivity contribution in [1.82, 2.24) is 5.32 Å². The van der Waals surface area contributed by atoms with E-state index in [-0.39, 0.29) is 22.7 Å². The number of hydrogen-bond donors (Lipinski definition) is 1. The van der Waals surface area contributed by atoms with E-state index in [1.54, 1.807) is 6.92 Å². The molecule has 1 aliphatic rings. The van der Waals surface area contributed by atoms with E-state index in [2.05, 4.69) is 5.32 Å². The molecule has 25 heavy (non-hydrogen) atoms. The Hall–Kier alpha value is -2.54. The Labute approximate surface area is 146 Å². The van der Waals surface area contributed by atoms with Gasteiger partial charge >= 0.3 is 0 Å². The monoisotopic (exact) mass is 361 g/mol. The maximum Gasteiger partial charge on any atom is 0.251 e. The minimum absolute atomic E-state index is 0.0268. The van der Waals surface area contributed by atoms with Crippen LogP contribution >= 0.6 is 0 Å². The molecule has 1 heterocycles. The number of carbonyl (C=O) groups excluding carboxylic acids is 1. The van der Waals surface area contributed by atoms with Gasteiger partial charge in [-0.2, -0.15) is 0 Å². The van der Waals surface area contributed by atoms with Crippen molar-refractivity contribution in [2.45, 2.75) is 17.9 Å². The first-order valence-corrected chi connectivity index (χ1v) is 9.64. The second-order valence-electron chi connectivity index (χ2n) is 5.64. The number of carbonyl (C=O) groups is 1. The van der Waals surface area contributed by atoms with Crippen LogP contribution in [0.3, 0.4) is 0 Å². The fourth-order valence-electron chi connectivity index (χ4n) is 2.45. The topological polar surface area (TPSA) is 81.7 Å². The molecule has 0 radical (unpaired) electrons. The zero-order valence-corrected chi connectivity index (χ0v) is 14.6. The molecule has 2 aromatic rings. The molecular weight excluding hydrogens is 342 g/mol. The third-order valence-corrected chi connectivity index (χ3v) is 5.66. The Morgan fingerprint density at radius 1 is 1.12 bits per heavy atom. The van der Waals surface area contributed by atoms with Crippen LogP contribution in [0, 0.1) is 0 Å². The predicted octanol–water partition coefficient (Wildman–Crippen LogP) is 2.05. The second-order valence-corrected chi connectivity index (χ2v) is 7.91. The van der Waals surface area contributed by atoms with Crippen molar-refractivity contribution in [1.29, 1.82) is 0 Å². The number of amides is 1. The van der Waals surface area contributed by atoms with Gasteiger partial charge in [0.25, 0.3) is 5.91 Å². The lowest BCUT2D eigenvalue weighted by Crippen LogP contribution is -2.40. The van der Waals surface area contributed by atoms with Crippen LogP contribution in [0.4, 0.5) is 0 Å². The minimum atomic E-state index is -3.27. The highest BCUT2D eigenvalue weighted by Gasteiger charge is 2.21. The van der Waals surface area contributed by atoms with E-state index in [4.69, 9.17) is 9.47 Å². The van der Waals surface area contributed by atoms with E-state index in [0.29, 0.717) is 30.2 Å². The minimum Gasteiger partial charge on any atom is -0.486 e. The SMILES string of the molecule is CCS(=O)(=O)c1ccc(C(=O)NCC2COc3ccccc3O2)cc1. The molecule has 132 valence electrons. The molecule has 2 aromatic carbocycles. The molecule has 0 saturated carbocycles. The normalized spacial score (nSPS) is 16.3. The molecule has 3 rings (SSSR count). The zero-order valence-electron chi connectivity index (χ0n) is 13.8. The van der Waals surface area contributed by atoms with Crippen molar-refractivity contribution in [3.63, 3.8) is 0 Å². The van der Waals surface area contributed by atoms with Crippen molar-refractivity contribution in [3.05, 3.63) is 54.1 Å². The van der Waals surface area contributed by atoms with Gasteiger partial charge in [0, 0.05) is 5.56 Å². The maximum atomic E-state index is 12.2. The Morgan fingerprint density at radius 3 is 2.48 bits per heavy atom. The van der Waals surface area contributed by atoms with Crippen LogP contribution in [0.25, 0.3) is 0 Å². The summed E-state index contributed by atoms with van der Waals surface area (Å²) in [4.78, 5) is 12.4. The summed E-state index contributed by atoms with van der Waals surface area (Å²) in [7, 11) is -3.27. The molecule has 1 aliphatic heterocycles. The quantitative estimate of drug-likeness (QED) is 0.881. The van der Waals surface area contributed by atoms with Crippen LogP contribution in [0.5, 0.6) is 11.5 Å². The lowest BCUT2D eigenvalue weighted by molar-refractivity contribution is 0.0789. The fraction of sp³-hybridized carbons (Fsp3) is 0.278. The zero-order chi connectivity index (χ0) is 17.9. The number of hydrogen-bond acceptors (Lipinski definition) is 5. The van der Waals surface area contributed by atoms with Crippen LogP contribution in [0.15, 0.2) is 53.4 Å². The summed E-state index contributed by atoms with van der Waals surface area (Å²) in [5.74, 6) is 1.08. The van der Waals surface area contributed by atoms with Gasteiger partial charge in [-0.15, -0.1) is 0 Å². The Bertz CT molecular complexity index is 861. The van der Waals surface area contributed by atoms with Gasteiger partial charge in [0.2, 0.25) is 0 Å². The van der Waals surface area contributed by atoms with Gasteiger partial charge < -0.3 is 14.8 Å². The number of ether oxygens (including phenoxy) is 2. The van der Waals surface area contributed by atoms with E-state index in [0.717, 1.165) is 0 Å². The molecule has 0 saturated heterocycles. The highest BCUT2D eigenvalue weighted by Crippen LogP contribution is 2.30. The fourth-order valence-corrected chi connectivity index (χ4v) is 3.34. The van der Waals surface area contributed by atoms with Crippen molar-refractivity contribution < 1.29 is 22.7 Å². The largest absolute Gasteiger partial charge is 0.486 e. The summed E-state index contributed by atoms with van der Waals surface area (Å²) in [6, 6.07) is 13.3. The number of para-hydroxylation sites is 2. The van der Waals surface area contributed by atoms with Gasteiger partial charge in [-0.25, -0.2) is 8.42 Å². The second kappa shape index (κ2) is 7.14. The first-order chi connectivity index (χ1) is 12.0. The molecule has 0 fully saturated rings. The average molecular weight is 361 g/mol. The predicted molar refractivity (Wildman–Crippen MR) is 92.9 cm³/mol. The molecule has 0 aliphatic carbocycles. The van der Waals surface area contributed by atoms with Gasteiger partial charge in [0.05, 0.1) is 17.2 Å². The Kier molecular flexibility index (Phi) is 4.94. The average Bonchev–Trinajstić information content (AvgIpc) is 2.66. The van der Waals surface area contributed by atoms with Crippen molar-refractivity contribution in [2.24, 2.45) is 0 Å². The summed E-state index contributed by atoms with van der Waals surface area (Å²) in [6.07, 6.45) is -0.279. The standard InChI is InChI=1S/C18H19NO5S/c1-2-25(21,22)15-9-7-13(8-10-15)18(20)19-11-14-12-23-16-5-3-4-6-17(16)24-14/h3-10,14H,2,11-12H2,1H3,(H,19,20). The van der Waals surface area contributed by atoms with Crippen molar-refractivity contribution in [2.75, 3.05) is 18.9 Å². The first kappa shape index (κ1) is 17.3. The highest BCUT2D eigenvalue weighted by atomic mass is 32.2. The number of nitrogens with one attached hydrogen (secondary N) is 1. The number of sulfone groups is 1. The summed E-state index contributed by atoms with van der Waals surface area (Å²) in [5, 5.41) is 2.78. The summed E-state index contributed by atoms with van der Waals surface area (Å²) in [6.45, 7) is 2.23. The molecule has 1 atom stereocenters. The van der Waals surface area contributed by atoms with Crippen LogP contribution in [0.2, 0.25) is 0 Å². The van der Waals surface area contributed by atoms with Crippen LogP contribution in [-0.2, 0) is 9.84 Å². The van der Waals surface area contributed by atoms with E-state index >= 15 is 0 Å². The van der Waals surface area contributed by atoms with Gasteiger partial charge in [0.15, 0.2) is 21.3 Å². The smallest absolute Gasteiger partial charge is 0.251 e. The molecule has 0 bridgehead atoms. The van der Waals surface area contributed by atoms with E-state index in [1.165, 1.54) is 24.3 Å². The van der Waals surface area contributed by atoms with Crippen LogP contribution in [0.1, 0.15) is 17.3 Å². The van der Waals surface area contributed by atoms with Crippen molar-refractivity contribution in [3.8, 4) is 11.5 Å². The summed E-state index contributed by atoms with van der Waals surface area (Å²) >= 11 is 0. The third kappa shape index (κ3) is 3.93. The highest BCUT2D eigenvalue weighted by molar-refractivity contribution is 7.91. The summed E-state index contributed by atoms with van der Waals surface area (Å²) < 4.78 is 34.9. The van der Waals surface area contributed by atoms with Crippen LogP contribution in [-0.4, -0.2) is 39.3 Å². The van der Waals surface area contributed by atoms with Gasteiger partial charge in [-0.05, 0) is 36.4 Å². The Morgan fingerprint density at radius 2 is 1.80 bits per heavy atom. The molecular formula is C18H19NO5S. The molecule has 0 aromatic heterocycles. The number of benzene rings is 2. The molecule has 1 amide bonds. The van der Waals surface area contributed by atoms with E-state index < -0.39 is 9.84 Å². The number of fused-ring (bicyclic) bond motifs is 1. The number of rotatable bonds is 5. The maximum absolute atomic E-state index is 12.2. The third-order valence-electron chi connectivity index (χ3n) is 3.91. The van der Waals surface area contributed by atoms with Gasteiger partial charge in [0.1, 0.15) is 12.7 Å². The van der Waals surface area contributed by atoms with Gasteiger partial charge in [-0.1, -0.05) is 19.1 Å².